The van der Waals surface area contributed by atoms with Gasteiger partial charge in [-0.3, -0.25) is 9.69 Å². The third kappa shape index (κ3) is 4.90. The Bertz CT molecular complexity index is 958. The van der Waals surface area contributed by atoms with E-state index in [0.29, 0.717) is 40.6 Å². The molecule has 8 heteroatoms. The number of H-pyrrole nitrogens is 1. The molecule has 1 aromatic heterocycles. The average Bonchev–Trinajstić information content (AvgIpc) is 3.20. The second kappa shape index (κ2) is 9.14. The molecule has 0 spiro atoms. The lowest BCUT2D eigenvalue weighted by Gasteiger charge is -2.29. The first-order chi connectivity index (χ1) is 14.1. The Labute approximate surface area is 173 Å². The van der Waals surface area contributed by atoms with E-state index < -0.39 is 11.4 Å². The predicted molar refractivity (Wildman–Crippen MR) is 115 cm³/mol. The number of piperidine rings is 1. The molecule has 0 atom stereocenters. The Balaban J connectivity index is 1.45. The zero-order valence-electron chi connectivity index (χ0n) is 16.4. The Morgan fingerprint density at radius 1 is 1.28 bits per heavy atom. The van der Waals surface area contributed by atoms with Crippen LogP contribution in [-0.2, 0) is 5.75 Å². The minimum atomic E-state index is -0.527. The molecule has 2 N–H and O–H groups in total. The number of likely N-dealkylation sites (tertiary alicyclic amines) is 1. The zero-order chi connectivity index (χ0) is 20.2. The van der Waals surface area contributed by atoms with Crippen molar-refractivity contribution < 1.29 is 4.39 Å². The summed E-state index contributed by atoms with van der Waals surface area (Å²) in [6, 6.07) is 5.77. The van der Waals surface area contributed by atoms with Crippen molar-refractivity contribution in [1.82, 2.24) is 14.9 Å². The van der Waals surface area contributed by atoms with E-state index in [4.69, 9.17) is 5.26 Å². The van der Waals surface area contributed by atoms with Crippen molar-refractivity contribution >= 4 is 28.4 Å². The minimum Gasteiger partial charge on any atom is -0.382 e. The molecule has 2 fully saturated rings. The van der Waals surface area contributed by atoms with Gasteiger partial charge in [0.2, 0.25) is 0 Å². The number of nitrogens with one attached hydrogen (secondary N) is 2. The molecule has 1 saturated heterocycles. The highest BCUT2D eigenvalue weighted by atomic mass is 32.2. The van der Waals surface area contributed by atoms with Crippen LogP contribution in [-0.4, -0.2) is 45.8 Å². The summed E-state index contributed by atoms with van der Waals surface area (Å²) in [6.45, 7) is 2.34. The number of nitriles is 1. The van der Waals surface area contributed by atoms with Gasteiger partial charge >= 0.3 is 0 Å². The van der Waals surface area contributed by atoms with Crippen molar-refractivity contribution in [2.24, 2.45) is 0 Å². The topological polar surface area (TPSA) is 84.8 Å². The smallest absolute Gasteiger partial charge is 0.261 e. The summed E-state index contributed by atoms with van der Waals surface area (Å²) < 4.78 is 14.6. The van der Waals surface area contributed by atoms with Crippen LogP contribution in [0.2, 0.25) is 0 Å². The van der Waals surface area contributed by atoms with E-state index in [-0.39, 0.29) is 5.39 Å². The van der Waals surface area contributed by atoms with Crippen LogP contribution in [0.15, 0.2) is 16.9 Å². The van der Waals surface area contributed by atoms with Crippen molar-refractivity contribution in [2.75, 3.05) is 25.0 Å². The van der Waals surface area contributed by atoms with E-state index >= 15 is 0 Å². The number of hydrogen-bond donors (Lipinski definition) is 2. The van der Waals surface area contributed by atoms with Crippen molar-refractivity contribution in [2.45, 2.75) is 55.6 Å². The number of nitrogens with zero attached hydrogens (tertiary/aromatic N) is 3. The van der Waals surface area contributed by atoms with Gasteiger partial charge in [-0.05, 0) is 37.8 Å². The van der Waals surface area contributed by atoms with Gasteiger partial charge in [-0.15, -0.1) is 0 Å². The minimum absolute atomic E-state index is 0.0283. The Hall–Kier alpha value is -2.11. The summed E-state index contributed by atoms with van der Waals surface area (Å²) in [6.07, 6.45) is 6.63. The van der Waals surface area contributed by atoms with Crippen molar-refractivity contribution in [1.29, 1.82) is 5.26 Å². The van der Waals surface area contributed by atoms with Crippen LogP contribution in [0.5, 0.6) is 0 Å². The van der Waals surface area contributed by atoms with Crippen LogP contribution in [0.3, 0.4) is 0 Å². The molecule has 6 nitrogen and oxygen atoms in total. The van der Waals surface area contributed by atoms with Crippen LogP contribution in [0.1, 0.15) is 44.3 Å². The lowest BCUT2D eigenvalue weighted by molar-refractivity contribution is 0.258. The maximum absolute atomic E-state index is 14.6. The van der Waals surface area contributed by atoms with E-state index in [9.17, 15) is 9.18 Å². The number of halogens is 1. The van der Waals surface area contributed by atoms with E-state index in [1.807, 2.05) is 0 Å². The largest absolute Gasteiger partial charge is 0.382 e. The lowest BCUT2D eigenvalue weighted by atomic mass is 10.1. The number of thioether (sulfide) groups is 1. The molecular weight excluding hydrogens is 389 g/mol. The molecule has 2 heterocycles. The van der Waals surface area contributed by atoms with Crippen LogP contribution in [0, 0.1) is 17.1 Å². The maximum atomic E-state index is 14.6. The number of benzene rings is 1. The highest BCUT2D eigenvalue weighted by molar-refractivity contribution is 7.99. The number of hydrogen-bond acceptors (Lipinski definition) is 6. The normalized spacial score (nSPS) is 18.9. The predicted octanol–water partition coefficient (Wildman–Crippen LogP) is 3.64. The molecule has 0 radical (unpaired) electrons. The summed E-state index contributed by atoms with van der Waals surface area (Å²) in [5, 5.41) is 12.7. The summed E-state index contributed by atoms with van der Waals surface area (Å²) in [7, 11) is 0. The standard InChI is InChI=1S/C21H26FN5OS/c22-17-11-15(24-14-3-1-2-4-14)12-18-20(17)21(28)26-19(25-18)13-29-16-5-8-27(9-6-16)10-7-23/h11-12,14,16,24H,1-6,8-10,13H2,(H,25,26,28). The fourth-order valence-electron chi connectivity index (χ4n) is 4.26. The van der Waals surface area contributed by atoms with Crippen molar-refractivity contribution in [3.8, 4) is 6.07 Å². The van der Waals surface area contributed by atoms with Gasteiger partial charge in [-0.25, -0.2) is 9.37 Å². The monoisotopic (exact) mass is 415 g/mol. The van der Waals surface area contributed by atoms with E-state index in [1.165, 1.54) is 18.9 Å². The molecular formula is C21H26FN5OS. The van der Waals surface area contributed by atoms with Crippen LogP contribution in [0.25, 0.3) is 10.9 Å². The molecule has 0 bridgehead atoms. The van der Waals surface area contributed by atoms with Gasteiger partial charge in [0.1, 0.15) is 17.0 Å². The van der Waals surface area contributed by atoms with Gasteiger partial charge in [0.25, 0.3) is 5.56 Å². The molecule has 2 aliphatic rings. The highest BCUT2D eigenvalue weighted by Gasteiger charge is 2.20. The molecule has 154 valence electrons. The van der Waals surface area contributed by atoms with Gasteiger partial charge in [0, 0.05) is 30.1 Å². The Morgan fingerprint density at radius 3 is 2.76 bits per heavy atom. The molecule has 1 aromatic carbocycles. The first-order valence-corrected chi connectivity index (χ1v) is 11.4. The molecule has 1 aliphatic carbocycles. The van der Waals surface area contributed by atoms with Gasteiger partial charge in [-0.2, -0.15) is 17.0 Å². The molecule has 4 rings (SSSR count). The molecule has 1 saturated carbocycles. The molecule has 2 aromatic rings. The van der Waals surface area contributed by atoms with Crippen molar-refractivity contribution in [3.05, 3.63) is 34.1 Å². The lowest BCUT2D eigenvalue weighted by Crippen LogP contribution is -2.35. The summed E-state index contributed by atoms with van der Waals surface area (Å²) in [5.41, 5.74) is 0.691. The van der Waals surface area contributed by atoms with Gasteiger partial charge < -0.3 is 10.3 Å². The summed E-state index contributed by atoms with van der Waals surface area (Å²) >= 11 is 1.77. The Morgan fingerprint density at radius 2 is 2.03 bits per heavy atom. The first-order valence-electron chi connectivity index (χ1n) is 10.3. The second-order valence-corrected chi connectivity index (χ2v) is 9.22. The summed E-state index contributed by atoms with van der Waals surface area (Å²) in [4.78, 5) is 21.9. The third-order valence-corrected chi connectivity index (χ3v) is 7.20. The van der Waals surface area contributed by atoms with Gasteiger partial charge in [0.15, 0.2) is 0 Å². The number of anilines is 1. The summed E-state index contributed by atoms with van der Waals surface area (Å²) in [5.74, 6) is 0.654. The Kier molecular flexibility index (Phi) is 6.36. The second-order valence-electron chi connectivity index (χ2n) is 7.94. The number of fused-ring (bicyclic) bond motifs is 1. The quantitative estimate of drug-likeness (QED) is 0.701. The van der Waals surface area contributed by atoms with E-state index in [2.05, 4.69) is 26.3 Å². The maximum Gasteiger partial charge on any atom is 0.261 e. The SMILES string of the molecule is N#CCN1CCC(SCc2nc3cc(NC4CCCC4)cc(F)c3c(=O)[nH]2)CC1. The highest BCUT2D eigenvalue weighted by Crippen LogP contribution is 2.27. The van der Waals surface area contributed by atoms with Crippen molar-refractivity contribution in [3.63, 3.8) is 0 Å². The van der Waals surface area contributed by atoms with Crippen LogP contribution in [0.4, 0.5) is 10.1 Å². The zero-order valence-corrected chi connectivity index (χ0v) is 17.2. The van der Waals surface area contributed by atoms with Gasteiger partial charge in [0.05, 0.1) is 23.9 Å². The number of rotatable bonds is 6. The molecule has 0 unspecified atom stereocenters. The molecule has 0 amide bonds. The fraction of sp³-hybridized carbons (Fsp3) is 0.571. The fourth-order valence-corrected chi connectivity index (χ4v) is 5.33. The van der Waals surface area contributed by atoms with E-state index in [1.54, 1.807) is 17.8 Å². The van der Waals surface area contributed by atoms with Gasteiger partial charge in [-0.1, -0.05) is 12.8 Å². The average molecular weight is 416 g/mol. The van der Waals surface area contributed by atoms with Crippen LogP contribution >= 0.6 is 11.8 Å². The third-order valence-electron chi connectivity index (χ3n) is 5.82. The number of aromatic nitrogens is 2. The number of aromatic amines is 1. The van der Waals surface area contributed by atoms with Crippen LogP contribution < -0.4 is 10.9 Å². The van der Waals surface area contributed by atoms with E-state index in [0.717, 1.165) is 38.8 Å². The first kappa shape index (κ1) is 20.2. The molecule has 1 aliphatic heterocycles. The molecule has 29 heavy (non-hydrogen) atoms.